The SMILES string of the molecule is Cc1ccccc1S(=O)(=O)Nc1cc(-c2c(O)ccc3ccccc23)c(O)c2ccccc12. The number of fused-ring (bicyclic) bond motifs is 2. The maximum atomic E-state index is 13.3. The summed E-state index contributed by atoms with van der Waals surface area (Å²) in [6, 6.07) is 26.2. The standard InChI is InChI=1S/C27H21NO4S/c1-17-8-2-7-13-25(17)33(31,32)28-23-16-22(27(30)21-12-6-5-11-20(21)23)26-19-10-4-3-9-18(19)14-15-24(26)29/h2-16,28-30H,1H3. The maximum Gasteiger partial charge on any atom is 0.262 e. The molecule has 0 fully saturated rings. The molecule has 0 spiro atoms. The van der Waals surface area contributed by atoms with Gasteiger partial charge in [-0.3, -0.25) is 4.72 Å². The monoisotopic (exact) mass is 455 g/mol. The van der Waals surface area contributed by atoms with Crippen LogP contribution < -0.4 is 4.72 Å². The highest BCUT2D eigenvalue weighted by atomic mass is 32.2. The number of aryl methyl sites for hydroxylation is 1. The third kappa shape index (κ3) is 3.54. The predicted octanol–water partition coefficient (Wildman–Crippen LogP) is 6.18. The van der Waals surface area contributed by atoms with E-state index in [9.17, 15) is 18.6 Å². The molecule has 5 nitrogen and oxygen atoms in total. The van der Waals surface area contributed by atoms with Crippen LogP contribution in [-0.2, 0) is 10.0 Å². The van der Waals surface area contributed by atoms with E-state index < -0.39 is 10.0 Å². The lowest BCUT2D eigenvalue weighted by Gasteiger charge is -2.17. The van der Waals surface area contributed by atoms with Crippen LogP contribution in [0.1, 0.15) is 5.56 Å². The molecule has 5 aromatic rings. The Morgan fingerprint density at radius 2 is 1.36 bits per heavy atom. The van der Waals surface area contributed by atoms with Gasteiger partial charge in [0, 0.05) is 21.9 Å². The average Bonchev–Trinajstić information content (AvgIpc) is 2.81. The van der Waals surface area contributed by atoms with Gasteiger partial charge in [0.2, 0.25) is 0 Å². The van der Waals surface area contributed by atoms with Crippen LogP contribution in [0.2, 0.25) is 0 Å². The van der Waals surface area contributed by atoms with Crippen LogP contribution in [0.25, 0.3) is 32.7 Å². The second kappa shape index (κ2) is 7.83. The topological polar surface area (TPSA) is 86.6 Å². The normalized spacial score (nSPS) is 11.7. The fraction of sp³-hybridized carbons (Fsp3) is 0.0370. The third-order valence-corrected chi connectivity index (χ3v) is 7.35. The number of benzene rings is 5. The van der Waals surface area contributed by atoms with Gasteiger partial charge in [-0.2, -0.15) is 0 Å². The highest BCUT2D eigenvalue weighted by molar-refractivity contribution is 7.92. The predicted molar refractivity (Wildman–Crippen MR) is 132 cm³/mol. The van der Waals surface area contributed by atoms with Gasteiger partial charge in [0.15, 0.2) is 0 Å². The molecule has 0 aromatic heterocycles. The maximum absolute atomic E-state index is 13.3. The van der Waals surface area contributed by atoms with Gasteiger partial charge in [0.1, 0.15) is 11.5 Å². The first kappa shape index (κ1) is 20.8. The molecule has 0 unspecified atom stereocenters. The Labute approximate surface area is 191 Å². The average molecular weight is 456 g/mol. The van der Waals surface area contributed by atoms with Crippen molar-refractivity contribution in [2.75, 3.05) is 4.72 Å². The van der Waals surface area contributed by atoms with Gasteiger partial charge in [-0.1, -0.05) is 72.8 Å². The molecule has 164 valence electrons. The second-order valence-electron chi connectivity index (χ2n) is 7.92. The number of phenolic OH excluding ortho intramolecular Hbond substituents is 2. The number of nitrogens with one attached hydrogen (secondary N) is 1. The molecule has 0 bridgehead atoms. The molecular weight excluding hydrogens is 434 g/mol. The molecule has 0 aliphatic carbocycles. The van der Waals surface area contributed by atoms with Crippen molar-refractivity contribution in [3.8, 4) is 22.6 Å². The molecule has 0 aliphatic rings. The molecule has 0 saturated heterocycles. The van der Waals surface area contributed by atoms with Crippen LogP contribution in [0.3, 0.4) is 0 Å². The molecule has 0 amide bonds. The van der Waals surface area contributed by atoms with Crippen molar-refractivity contribution in [3.63, 3.8) is 0 Å². The van der Waals surface area contributed by atoms with Gasteiger partial charge < -0.3 is 10.2 Å². The number of rotatable bonds is 4. The van der Waals surface area contributed by atoms with Gasteiger partial charge in [0.25, 0.3) is 10.0 Å². The zero-order valence-corrected chi connectivity index (χ0v) is 18.6. The summed E-state index contributed by atoms with van der Waals surface area (Å²) in [4.78, 5) is 0.178. The van der Waals surface area contributed by atoms with Crippen LogP contribution in [-0.4, -0.2) is 18.6 Å². The lowest BCUT2D eigenvalue weighted by atomic mass is 9.93. The smallest absolute Gasteiger partial charge is 0.262 e. The minimum absolute atomic E-state index is 0.00741. The molecular formula is C27H21NO4S. The summed E-state index contributed by atoms with van der Waals surface area (Å²) in [7, 11) is -3.89. The summed E-state index contributed by atoms with van der Waals surface area (Å²) in [5, 5.41) is 24.6. The number of hydrogen-bond acceptors (Lipinski definition) is 4. The highest BCUT2D eigenvalue weighted by Crippen LogP contribution is 2.46. The van der Waals surface area contributed by atoms with Crippen LogP contribution in [0.15, 0.2) is 95.9 Å². The lowest BCUT2D eigenvalue weighted by Crippen LogP contribution is -2.14. The number of phenols is 2. The molecule has 5 rings (SSSR count). The van der Waals surface area contributed by atoms with E-state index in [0.717, 1.165) is 10.8 Å². The van der Waals surface area contributed by atoms with Gasteiger partial charge in [-0.25, -0.2) is 8.42 Å². The van der Waals surface area contributed by atoms with E-state index in [1.165, 1.54) is 0 Å². The van der Waals surface area contributed by atoms with E-state index in [1.54, 1.807) is 73.7 Å². The number of anilines is 1. The van der Waals surface area contributed by atoms with Crippen molar-refractivity contribution in [2.24, 2.45) is 0 Å². The summed E-state index contributed by atoms with van der Waals surface area (Å²) in [5.41, 5.74) is 1.71. The Kier molecular flexibility index (Phi) is 4.95. The van der Waals surface area contributed by atoms with E-state index in [4.69, 9.17) is 0 Å². The first-order valence-electron chi connectivity index (χ1n) is 10.4. The first-order chi connectivity index (χ1) is 15.9. The lowest BCUT2D eigenvalue weighted by molar-refractivity contribution is 0.472. The summed E-state index contributed by atoms with van der Waals surface area (Å²) < 4.78 is 29.2. The van der Waals surface area contributed by atoms with Crippen LogP contribution in [0.5, 0.6) is 11.5 Å². The first-order valence-corrected chi connectivity index (χ1v) is 11.9. The number of aromatic hydroxyl groups is 2. The van der Waals surface area contributed by atoms with Crippen molar-refractivity contribution in [3.05, 3.63) is 96.6 Å². The Morgan fingerprint density at radius 3 is 2.12 bits per heavy atom. The Bertz CT molecular complexity index is 1640. The summed E-state index contributed by atoms with van der Waals surface area (Å²) in [5.74, 6) is -0.0388. The van der Waals surface area contributed by atoms with E-state index in [-0.39, 0.29) is 16.4 Å². The van der Waals surface area contributed by atoms with Crippen molar-refractivity contribution in [1.29, 1.82) is 0 Å². The Balaban J connectivity index is 1.79. The van der Waals surface area contributed by atoms with Crippen molar-refractivity contribution < 1.29 is 18.6 Å². The van der Waals surface area contributed by atoms with Gasteiger partial charge in [-0.05, 0) is 41.5 Å². The molecule has 33 heavy (non-hydrogen) atoms. The molecule has 0 radical (unpaired) electrons. The van der Waals surface area contributed by atoms with E-state index in [1.807, 2.05) is 24.3 Å². The molecule has 0 atom stereocenters. The zero-order valence-electron chi connectivity index (χ0n) is 17.8. The van der Waals surface area contributed by atoms with Gasteiger partial charge in [-0.15, -0.1) is 0 Å². The largest absolute Gasteiger partial charge is 0.507 e. The Morgan fingerprint density at radius 1 is 0.727 bits per heavy atom. The minimum Gasteiger partial charge on any atom is -0.507 e. The fourth-order valence-electron chi connectivity index (χ4n) is 4.24. The third-order valence-electron chi connectivity index (χ3n) is 5.82. The van der Waals surface area contributed by atoms with Crippen LogP contribution in [0.4, 0.5) is 5.69 Å². The van der Waals surface area contributed by atoms with Crippen LogP contribution in [0, 0.1) is 6.92 Å². The highest BCUT2D eigenvalue weighted by Gasteiger charge is 2.22. The van der Waals surface area contributed by atoms with E-state index >= 15 is 0 Å². The molecule has 0 heterocycles. The molecule has 0 aliphatic heterocycles. The quantitative estimate of drug-likeness (QED) is 0.282. The van der Waals surface area contributed by atoms with Crippen molar-refractivity contribution in [1.82, 2.24) is 0 Å². The van der Waals surface area contributed by atoms with E-state index in [2.05, 4.69) is 4.72 Å². The van der Waals surface area contributed by atoms with E-state index in [0.29, 0.717) is 33.2 Å². The molecule has 6 heteroatoms. The Hall–Kier alpha value is -4.03. The summed E-state index contributed by atoms with van der Waals surface area (Å²) in [6.45, 7) is 1.74. The van der Waals surface area contributed by atoms with Gasteiger partial charge in [0.05, 0.1) is 10.6 Å². The van der Waals surface area contributed by atoms with Crippen molar-refractivity contribution in [2.45, 2.75) is 11.8 Å². The summed E-state index contributed by atoms with van der Waals surface area (Å²) >= 11 is 0. The fourth-order valence-corrected chi connectivity index (χ4v) is 5.55. The summed E-state index contributed by atoms with van der Waals surface area (Å²) in [6.07, 6.45) is 0. The number of sulfonamides is 1. The van der Waals surface area contributed by atoms with Gasteiger partial charge >= 0.3 is 0 Å². The zero-order chi connectivity index (χ0) is 23.2. The molecule has 3 N–H and O–H groups in total. The second-order valence-corrected chi connectivity index (χ2v) is 9.57. The van der Waals surface area contributed by atoms with Crippen LogP contribution >= 0.6 is 0 Å². The number of hydrogen-bond donors (Lipinski definition) is 3. The van der Waals surface area contributed by atoms with Crippen molar-refractivity contribution >= 4 is 37.3 Å². The minimum atomic E-state index is -3.89. The molecule has 0 saturated carbocycles. The molecule has 5 aromatic carbocycles.